The van der Waals surface area contributed by atoms with Crippen LogP contribution < -0.4 is 0 Å². The summed E-state index contributed by atoms with van der Waals surface area (Å²) in [4.78, 5) is 12.0. The molecular weight excluding hydrogens is 250 g/mol. The molecule has 0 aliphatic heterocycles. The van der Waals surface area contributed by atoms with Crippen LogP contribution in [-0.4, -0.2) is 28.0 Å². The third-order valence-electron chi connectivity index (χ3n) is 2.23. The number of benzene rings is 1. The van der Waals surface area contributed by atoms with Crippen molar-refractivity contribution in [1.82, 2.24) is 15.4 Å². The van der Waals surface area contributed by atoms with Gasteiger partial charge in [-0.15, -0.1) is 5.10 Å². The first-order valence-electron chi connectivity index (χ1n) is 5.55. The van der Waals surface area contributed by atoms with Crippen molar-refractivity contribution in [1.29, 1.82) is 0 Å². The van der Waals surface area contributed by atoms with Gasteiger partial charge in [-0.1, -0.05) is 42.1 Å². The zero-order valence-electron chi connectivity index (χ0n) is 9.87. The molecule has 0 fully saturated rings. The number of hydrogen-bond donors (Lipinski definition) is 1. The van der Waals surface area contributed by atoms with Gasteiger partial charge in [-0.05, 0) is 12.5 Å². The van der Waals surface area contributed by atoms with Crippen LogP contribution in [0.5, 0.6) is 0 Å². The monoisotopic (exact) mass is 263 g/mol. The Kier molecular flexibility index (Phi) is 4.35. The molecule has 0 radical (unpaired) electrons. The van der Waals surface area contributed by atoms with Crippen LogP contribution in [0.15, 0.2) is 41.6 Å². The molecule has 0 saturated carbocycles. The second-order valence-electron chi connectivity index (χ2n) is 3.47. The summed E-state index contributed by atoms with van der Waals surface area (Å²) in [5, 5.41) is 10.4. The van der Waals surface area contributed by atoms with Crippen LogP contribution >= 0.6 is 11.8 Å². The van der Waals surface area contributed by atoms with E-state index < -0.39 is 5.25 Å². The molecule has 1 unspecified atom stereocenters. The lowest BCUT2D eigenvalue weighted by Gasteiger charge is -2.13. The predicted molar refractivity (Wildman–Crippen MR) is 68.1 cm³/mol. The van der Waals surface area contributed by atoms with Gasteiger partial charge in [0, 0.05) is 0 Å². The maximum Gasteiger partial charge on any atom is 0.324 e. The highest BCUT2D eigenvalue weighted by molar-refractivity contribution is 8.00. The van der Waals surface area contributed by atoms with E-state index in [2.05, 4.69) is 15.4 Å². The number of thioether (sulfide) groups is 1. The van der Waals surface area contributed by atoms with Gasteiger partial charge in [-0.3, -0.25) is 4.79 Å². The van der Waals surface area contributed by atoms with Gasteiger partial charge in [0.15, 0.2) is 0 Å². The van der Waals surface area contributed by atoms with Crippen molar-refractivity contribution in [2.24, 2.45) is 0 Å². The Balaban J connectivity index is 2.20. The predicted octanol–water partition coefficient (Wildman–Crippen LogP) is 2.20. The summed E-state index contributed by atoms with van der Waals surface area (Å²) >= 11 is 1.32. The molecule has 0 spiro atoms. The summed E-state index contributed by atoms with van der Waals surface area (Å²) in [5.74, 6) is -0.267. The Bertz CT molecular complexity index is 487. The van der Waals surface area contributed by atoms with Crippen molar-refractivity contribution in [3.63, 3.8) is 0 Å². The minimum atomic E-state index is -0.420. The average Bonchev–Trinajstić information content (AvgIpc) is 2.90. The first-order chi connectivity index (χ1) is 8.81. The van der Waals surface area contributed by atoms with E-state index in [-0.39, 0.29) is 5.97 Å². The van der Waals surface area contributed by atoms with Crippen molar-refractivity contribution >= 4 is 17.7 Å². The van der Waals surface area contributed by atoms with E-state index in [0.29, 0.717) is 11.6 Å². The van der Waals surface area contributed by atoms with Gasteiger partial charge in [-0.25, -0.2) is 0 Å². The minimum absolute atomic E-state index is 0.267. The van der Waals surface area contributed by atoms with E-state index >= 15 is 0 Å². The summed E-state index contributed by atoms with van der Waals surface area (Å²) in [5.41, 5.74) is 0.893. The summed E-state index contributed by atoms with van der Waals surface area (Å²) in [6.45, 7) is 2.16. The molecular formula is C12H13N3O2S. The molecule has 18 heavy (non-hydrogen) atoms. The maximum absolute atomic E-state index is 12.0. The van der Waals surface area contributed by atoms with E-state index in [1.807, 2.05) is 30.3 Å². The maximum atomic E-state index is 12.0. The van der Waals surface area contributed by atoms with Crippen molar-refractivity contribution < 1.29 is 9.53 Å². The molecule has 0 aliphatic rings. The van der Waals surface area contributed by atoms with Crippen molar-refractivity contribution in [3.05, 3.63) is 42.1 Å². The van der Waals surface area contributed by atoms with Crippen LogP contribution in [0.3, 0.4) is 0 Å². The first-order valence-corrected chi connectivity index (χ1v) is 6.43. The van der Waals surface area contributed by atoms with E-state index in [0.717, 1.165) is 5.56 Å². The molecule has 0 saturated heterocycles. The zero-order valence-corrected chi connectivity index (χ0v) is 10.7. The molecule has 0 bridgehead atoms. The van der Waals surface area contributed by atoms with Crippen LogP contribution in [0.1, 0.15) is 17.7 Å². The normalized spacial score (nSPS) is 12.1. The first kappa shape index (κ1) is 12.6. The van der Waals surface area contributed by atoms with Gasteiger partial charge in [0.1, 0.15) is 10.3 Å². The highest BCUT2D eigenvalue weighted by Gasteiger charge is 2.24. The standard InChI is InChI=1S/C12H13N3O2S/c1-2-17-12(16)11(9-6-4-3-5-7-9)18-10-8-13-15-14-10/h3-8,11H,2H2,1H3,(H,13,14,15). The number of H-pyrrole nitrogens is 1. The number of aromatic amines is 1. The van der Waals surface area contributed by atoms with Gasteiger partial charge in [0.05, 0.1) is 12.8 Å². The molecule has 5 nitrogen and oxygen atoms in total. The fourth-order valence-corrected chi connectivity index (χ4v) is 2.37. The molecule has 1 aromatic carbocycles. The van der Waals surface area contributed by atoms with Gasteiger partial charge < -0.3 is 4.74 Å². The number of carbonyl (C=O) groups is 1. The second-order valence-corrected chi connectivity index (χ2v) is 4.59. The van der Waals surface area contributed by atoms with E-state index in [1.54, 1.807) is 13.1 Å². The minimum Gasteiger partial charge on any atom is -0.465 e. The number of rotatable bonds is 5. The number of ether oxygens (including phenoxy) is 1. The van der Waals surface area contributed by atoms with Crippen molar-refractivity contribution in [2.75, 3.05) is 6.61 Å². The highest BCUT2D eigenvalue weighted by atomic mass is 32.2. The van der Waals surface area contributed by atoms with Gasteiger partial charge >= 0.3 is 5.97 Å². The van der Waals surface area contributed by atoms with Crippen LogP contribution in [-0.2, 0) is 9.53 Å². The summed E-state index contributed by atoms with van der Waals surface area (Å²) in [6.07, 6.45) is 1.58. The van der Waals surface area contributed by atoms with Crippen LogP contribution in [0.25, 0.3) is 0 Å². The SMILES string of the molecule is CCOC(=O)C(Sc1cn[nH]n1)c1ccccc1. The van der Waals surface area contributed by atoms with Crippen LogP contribution in [0.4, 0.5) is 0 Å². The van der Waals surface area contributed by atoms with E-state index in [9.17, 15) is 4.79 Å². The number of carbonyl (C=O) groups excluding carboxylic acids is 1. The number of esters is 1. The fourth-order valence-electron chi connectivity index (χ4n) is 1.47. The lowest BCUT2D eigenvalue weighted by atomic mass is 10.1. The smallest absolute Gasteiger partial charge is 0.324 e. The molecule has 1 N–H and O–H groups in total. The highest BCUT2D eigenvalue weighted by Crippen LogP contribution is 2.34. The second kappa shape index (κ2) is 6.20. The molecule has 2 aromatic rings. The summed E-state index contributed by atoms with van der Waals surface area (Å²) in [7, 11) is 0. The zero-order chi connectivity index (χ0) is 12.8. The van der Waals surface area contributed by atoms with E-state index in [1.165, 1.54) is 11.8 Å². The fraction of sp³-hybridized carbons (Fsp3) is 0.250. The Morgan fingerprint density at radius 2 is 2.22 bits per heavy atom. The molecule has 1 heterocycles. The Morgan fingerprint density at radius 3 is 2.83 bits per heavy atom. The lowest BCUT2D eigenvalue weighted by Crippen LogP contribution is -2.13. The number of hydrogen-bond acceptors (Lipinski definition) is 5. The van der Waals surface area contributed by atoms with E-state index in [4.69, 9.17) is 4.74 Å². The Morgan fingerprint density at radius 1 is 1.44 bits per heavy atom. The van der Waals surface area contributed by atoms with Gasteiger partial charge in [-0.2, -0.15) is 10.3 Å². The molecule has 0 aliphatic carbocycles. The van der Waals surface area contributed by atoms with Gasteiger partial charge in [0.2, 0.25) is 0 Å². The number of nitrogens with one attached hydrogen (secondary N) is 1. The Labute approximate surface area is 109 Å². The third kappa shape index (κ3) is 3.10. The van der Waals surface area contributed by atoms with Crippen LogP contribution in [0, 0.1) is 0 Å². The number of nitrogens with zero attached hydrogens (tertiary/aromatic N) is 2. The topological polar surface area (TPSA) is 67.9 Å². The van der Waals surface area contributed by atoms with Crippen molar-refractivity contribution in [2.45, 2.75) is 17.2 Å². The molecule has 0 amide bonds. The Hall–Kier alpha value is -1.82. The summed E-state index contributed by atoms with van der Waals surface area (Å²) in [6, 6.07) is 9.49. The molecule has 2 rings (SSSR count). The third-order valence-corrected chi connectivity index (χ3v) is 3.37. The molecule has 94 valence electrons. The number of aromatic nitrogens is 3. The molecule has 1 aromatic heterocycles. The largest absolute Gasteiger partial charge is 0.465 e. The average molecular weight is 263 g/mol. The van der Waals surface area contributed by atoms with Crippen LogP contribution in [0.2, 0.25) is 0 Å². The lowest BCUT2D eigenvalue weighted by molar-refractivity contribution is -0.142. The molecule has 6 heteroatoms. The van der Waals surface area contributed by atoms with Crippen molar-refractivity contribution in [3.8, 4) is 0 Å². The molecule has 1 atom stereocenters. The quantitative estimate of drug-likeness (QED) is 0.661. The van der Waals surface area contributed by atoms with Gasteiger partial charge in [0.25, 0.3) is 0 Å². The summed E-state index contributed by atoms with van der Waals surface area (Å²) < 4.78 is 5.09.